The molecule has 1 rings (SSSR count). The van der Waals surface area contributed by atoms with Crippen LogP contribution in [0.1, 0.15) is 76.7 Å². The maximum Gasteiger partial charge on any atom is 0.166 e. The molecule has 4 N–H and O–H groups in total. The van der Waals surface area contributed by atoms with E-state index in [0.29, 0.717) is 5.11 Å². The standard InChI is InChI=1S/C24H40N2O2S/c1-2-3-4-5-6-7-8-9-10-14-19-25-24(29)26-22(20-27)23(28)18-17-21-15-12-11-13-16-21/h11-13,15-18,22-23,27-28H,2-10,14,19-20H2,1H3,(H2,25,26,29). The molecule has 0 spiro atoms. The van der Waals surface area contributed by atoms with Crippen LogP contribution < -0.4 is 10.6 Å². The fourth-order valence-corrected chi connectivity index (χ4v) is 3.43. The van der Waals surface area contributed by atoms with Crippen molar-refractivity contribution in [3.05, 3.63) is 42.0 Å². The van der Waals surface area contributed by atoms with E-state index in [2.05, 4.69) is 17.6 Å². The average molecular weight is 421 g/mol. The number of aliphatic hydroxyl groups excluding tert-OH is 2. The first-order chi connectivity index (χ1) is 14.2. The van der Waals surface area contributed by atoms with Gasteiger partial charge in [0.2, 0.25) is 0 Å². The minimum absolute atomic E-state index is 0.194. The zero-order valence-electron chi connectivity index (χ0n) is 18.0. The van der Waals surface area contributed by atoms with Gasteiger partial charge in [0.05, 0.1) is 18.8 Å². The number of nitrogens with one attached hydrogen (secondary N) is 2. The molecular weight excluding hydrogens is 380 g/mol. The summed E-state index contributed by atoms with van der Waals surface area (Å²) in [5.74, 6) is 0. The first-order valence-corrected chi connectivity index (χ1v) is 11.6. The highest BCUT2D eigenvalue weighted by atomic mass is 32.1. The van der Waals surface area contributed by atoms with Crippen molar-refractivity contribution in [2.24, 2.45) is 0 Å². The van der Waals surface area contributed by atoms with E-state index in [9.17, 15) is 10.2 Å². The van der Waals surface area contributed by atoms with Crippen LogP contribution in [0.25, 0.3) is 6.08 Å². The van der Waals surface area contributed by atoms with Gasteiger partial charge in [-0.15, -0.1) is 0 Å². The number of hydrogen-bond acceptors (Lipinski definition) is 3. The van der Waals surface area contributed by atoms with Gasteiger partial charge in [0, 0.05) is 6.54 Å². The topological polar surface area (TPSA) is 64.5 Å². The van der Waals surface area contributed by atoms with Crippen LogP contribution in [0, 0.1) is 0 Å². The number of unbranched alkanes of at least 4 members (excludes halogenated alkanes) is 9. The lowest BCUT2D eigenvalue weighted by molar-refractivity contribution is 0.134. The summed E-state index contributed by atoms with van der Waals surface area (Å²) in [6.07, 6.45) is 15.8. The Balaban J connectivity index is 2.10. The monoisotopic (exact) mass is 420 g/mol. The van der Waals surface area contributed by atoms with Crippen molar-refractivity contribution < 1.29 is 10.2 Å². The number of rotatable bonds is 16. The van der Waals surface area contributed by atoms with Gasteiger partial charge in [-0.1, -0.05) is 107 Å². The zero-order chi connectivity index (χ0) is 21.2. The van der Waals surface area contributed by atoms with Gasteiger partial charge in [0.25, 0.3) is 0 Å². The minimum atomic E-state index is -0.822. The first kappa shape index (κ1) is 25.6. The number of benzene rings is 1. The van der Waals surface area contributed by atoms with E-state index in [1.165, 1.54) is 57.8 Å². The molecule has 29 heavy (non-hydrogen) atoms. The third-order valence-electron chi connectivity index (χ3n) is 5.03. The smallest absolute Gasteiger partial charge is 0.166 e. The summed E-state index contributed by atoms with van der Waals surface area (Å²) < 4.78 is 0. The largest absolute Gasteiger partial charge is 0.394 e. The van der Waals surface area contributed by atoms with Crippen LogP contribution in [0.15, 0.2) is 36.4 Å². The Morgan fingerprint density at radius 1 is 0.966 bits per heavy atom. The molecule has 4 nitrogen and oxygen atoms in total. The van der Waals surface area contributed by atoms with Crippen molar-refractivity contribution in [2.75, 3.05) is 13.2 Å². The Hall–Kier alpha value is -1.43. The molecule has 0 aliphatic rings. The Kier molecular flexibility index (Phi) is 15.4. The summed E-state index contributed by atoms with van der Waals surface area (Å²) in [6, 6.07) is 9.24. The molecule has 164 valence electrons. The molecule has 0 amide bonds. The van der Waals surface area contributed by atoms with Gasteiger partial charge in [-0.25, -0.2) is 0 Å². The van der Waals surface area contributed by atoms with E-state index >= 15 is 0 Å². The van der Waals surface area contributed by atoms with Crippen LogP contribution in [-0.4, -0.2) is 40.6 Å². The van der Waals surface area contributed by atoms with E-state index in [-0.39, 0.29) is 6.61 Å². The highest BCUT2D eigenvalue weighted by molar-refractivity contribution is 7.80. The summed E-state index contributed by atoms with van der Waals surface area (Å²) in [5, 5.41) is 26.5. The molecule has 0 aromatic heterocycles. The predicted molar refractivity (Wildman–Crippen MR) is 128 cm³/mol. The van der Waals surface area contributed by atoms with Crippen molar-refractivity contribution in [3.63, 3.8) is 0 Å². The molecule has 1 aromatic rings. The van der Waals surface area contributed by atoms with Crippen molar-refractivity contribution in [2.45, 2.75) is 83.3 Å². The van der Waals surface area contributed by atoms with Crippen molar-refractivity contribution in [1.82, 2.24) is 10.6 Å². The van der Waals surface area contributed by atoms with Crippen molar-refractivity contribution in [3.8, 4) is 0 Å². The highest BCUT2D eigenvalue weighted by Crippen LogP contribution is 2.10. The van der Waals surface area contributed by atoms with Gasteiger partial charge in [0.1, 0.15) is 0 Å². The summed E-state index contributed by atoms with van der Waals surface area (Å²) in [5.41, 5.74) is 1.00. The Morgan fingerprint density at radius 3 is 2.14 bits per heavy atom. The quantitative estimate of drug-likeness (QED) is 0.228. The molecule has 0 aliphatic heterocycles. The van der Waals surface area contributed by atoms with Gasteiger partial charge in [0.15, 0.2) is 5.11 Å². The SMILES string of the molecule is CCCCCCCCCCCCNC(=S)NC(CO)C(O)C=Cc1ccccc1. The van der Waals surface area contributed by atoms with Gasteiger partial charge < -0.3 is 20.8 Å². The molecule has 1 aromatic carbocycles. The van der Waals surface area contributed by atoms with Gasteiger partial charge in [-0.3, -0.25) is 0 Å². The van der Waals surface area contributed by atoms with Gasteiger partial charge in [-0.2, -0.15) is 0 Å². The van der Waals surface area contributed by atoms with E-state index in [0.717, 1.165) is 18.5 Å². The van der Waals surface area contributed by atoms with Gasteiger partial charge in [-0.05, 0) is 24.2 Å². The van der Waals surface area contributed by atoms with Gasteiger partial charge >= 0.3 is 0 Å². The molecule has 0 saturated carbocycles. The lowest BCUT2D eigenvalue weighted by Crippen LogP contribution is -2.49. The molecule has 0 saturated heterocycles. The second-order valence-corrected chi connectivity index (χ2v) is 8.04. The average Bonchev–Trinajstić information content (AvgIpc) is 2.74. The summed E-state index contributed by atoms with van der Waals surface area (Å²) in [4.78, 5) is 0. The number of hydrogen-bond donors (Lipinski definition) is 4. The molecule has 2 unspecified atom stereocenters. The van der Waals surface area contributed by atoms with Crippen LogP contribution in [0.5, 0.6) is 0 Å². The normalized spacial score (nSPS) is 13.3. The van der Waals surface area contributed by atoms with E-state index < -0.39 is 12.1 Å². The van der Waals surface area contributed by atoms with Crippen LogP contribution in [-0.2, 0) is 0 Å². The van der Waals surface area contributed by atoms with Crippen LogP contribution >= 0.6 is 12.2 Å². The lowest BCUT2D eigenvalue weighted by Gasteiger charge is -2.22. The zero-order valence-corrected chi connectivity index (χ0v) is 18.8. The van der Waals surface area contributed by atoms with Crippen molar-refractivity contribution in [1.29, 1.82) is 0 Å². The molecule has 5 heteroatoms. The highest BCUT2D eigenvalue weighted by Gasteiger charge is 2.16. The Morgan fingerprint density at radius 2 is 1.55 bits per heavy atom. The maximum absolute atomic E-state index is 10.3. The third-order valence-corrected chi connectivity index (χ3v) is 5.29. The molecule has 0 radical (unpaired) electrons. The minimum Gasteiger partial charge on any atom is -0.394 e. The van der Waals surface area contributed by atoms with Crippen LogP contribution in [0.4, 0.5) is 0 Å². The lowest BCUT2D eigenvalue weighted by atomic mass is 10.1. The Labute approximate surface area is 182 Å². The predicted octanol–water partition coefficient (Wildman–Crippen LogP) is 4.81. The maximum atomic E-state index is 10.3. The van der Waals surface area contributed by atoms with Crippen molar-refractivity contribution >= 4 is 23.4 Å². The summed E-state index contributed by atoms with van der Waals surface area (Å²) in [6.45, 7) is 2.88. The second kappa shape index (κ2) is 17.4. The first-order valence-electron chi connectivity index (χ1n) is 11.2. The third kappa shape index (κ3) is 13.4. The number of aliphatic hydroxyl groups is 2. The molecule has 0 aliphatic carbocycles. The summed E-state index contributed by atoms with van der Waals surface area (Å²) >= 11 is 5.29. The summed E-state index contributed by atoms with van der Waals surface area (Å²) in [7, 11) is 0. The van der Waals surface area contributed by atoms with E-state index in [1.54, 1.807) is 6.08 Å². The molecule has 0 heterocycles. The molecule has 0 bridgehead atoms. The van der Waals surface area contributed by atoms with Crippen LogP contribution in [0.2, 0.25) is 0 Å². The molecule has 0 fully saturated rings. The van der Waals surface area contributed by atoms with Crippen LogP contribution in [0.3, 0.4) is 0 Å². The second-order valence-electron chi connectivity index (χ2n) is 7.63. The number of thiocarbonyl (C=S) groups is 1. The fraction of sp³-hybridized carbons (Fsp3) is 0.625. The van der Waals surface area contributed by atoms with E-state index in [4.69, 9.17) is 12.2 Å². The molecule has 2 atom stereocenters. The fourth-order valence-electron chi connectivity index (χ4n) is 3.18. The van der Waals surface area contributed by atoms with E-state index in [1.807, 2.05) is 36.4 Å². The molecular formula is C24H40N2O2S. The Bertz CT molecular complexity index is 551.